The number of hydrogen-bond acceptors (Lipinski definition) is 5. The van der Waals surface area contributed by atoms with Gasteiger partial charge in [0.2, 0.25) is 5.89 Å². The van der Waals surface area contributed by atoms with E-state index in [0.29, 0.717) is 30.8 Å². The number of guanidine groups is 1. The van der Waals surface area contributed by atoms with Crippen molar-refractivity contribution in [2.75, 3.05) is 13.7 Å². The number of ether oxygens (including phenoxy) is 1. The van der Waals surface area contributed by atoms with Crippen LogP contribution in [0.3, 0.4) is 0 Å². The van der Waals surface area contributed by atoms with E-state index in [2.05, 4.69) is 30.5 Å². The quantitative estimate of drug-likeness (QED) is 0.372. The van der Waals surface area contributed by atoms with Crippen molar-refractivity contribution in [3.8, 4) is 5.75 Å². The lowest BCUT2D eigenvalue weighted by molar-refractivity contribution is -0.153. The number of hydrogen-bond donors (Lipinski definition) is 2. The average molecular weight is 485 g/mol. The highest BCUT2D eigenvalue weighted by Gasteiger charge is 2.28. The Balaban J connectivity index is 0.00000338. The zero-order chi connectivity index (χ0) is 18.3. The highest BCUT2D eigenvalue weighted by atomic mass is 127. The number of alkyl halides is 3. The van der Waals surface area contributed by atoms with E-state index in [9.17, 15) is 13.2 Å². The zero-order valence-corrected chi connectivity index (χ0v) is 16.5. The van der Waals surface area contributed by atoms with Crippen molar-refractivity contribution in [2.45, 2.75) is 26.2 Å². The van der Waals surface area contributed by atoms with Crippen molar-refractivity contribution < 1.29 is 22.4 Å². The van der Waals surface area contributed by atoms with Crippen molar-refractivity contribution in [3.63, 3.8) is 0 Å². The molecule has 0 bridgehead atoms. The zero-order valence-electron chi connectivity index (χ0n) is 14.1. The average Bonchev–Trinajstić information content (AvgIpc) is 2.99. The molecule has 1 aromatic carbocycles. The van der Waals surface area contributed by atoms with Gasteiger partial charge in [0.25, 0.3) is 0 Å². The third-order valence-corrected chi connectivity index (χ3v) is 2.99. The summed E-state index contributed by atoms with van der Waals surface area (Å²) in [6.07, 6.45) is -4.35. The van der Waals surface area contributed by atoms with Gasteiger partial charge < -0.3 is 19.9 Å². The first kappa shape index (κ1) is 22.0. The summed E-state index contributed by atoms with van der Waals surface area (Å²) >= 11 is 0. The Morgan fingerprint density at radius 1 is 1.19 bits per heavy atom. The van der Waals surface area contributed by atoms with Gasteiger partial charge in [0.15, 0.2) is 18.4 Å². The molecule has 2 N–H and O–H groups in total. The van der Waals surface area contributed by atoms with E-state index in [1.165, 1.54) is 12.1 Å². The monoisotopic (exact) mass is 485 g/mol. The van der Waals surface area contributed by atoms with Crippen LogP contribution in [0.1, 0.15) is 17.3 Å². The fraction of sp³-hybridized carbons (Fsp3) is 0.400. The number of nitrogens with one attached hydrogen (secondary N) is 2. The van der Waals surface area contributed by atoms with Crippen LogP contribution >= 0.6 is 24.0 Å². The SMILES string of the molecule is CN=C(NCc1ccc(OCC(F)(F)F)cc1)NCc1noc(C)n1.I. The first-order valence-electron chi connectivity index (χ1n) is 7.38. The lowest BCUT2D eigenvalue weighted by atomic mass is 10.2. The summed E-state index contributed by atoms with van der Waals surface area (Å²) in [6.45, 7) is 1.17. The fourth-order valence-corrected chi connectivity index (χ4v) is 1.85. The number of aliphatic imine (C=N–C) groups is 1. The van der Waals surface area contributed by atoms with Crippen LogP contribution in [0.5, 0.6) is 5.75 Å². The number of aromatic nitrogens is 2. The van der Waals surface area contributed by atoms with Gasteiger partial charge in [-0.3, -0.25) is 4.99 Å². The molecule has 0 aliphatic heterocycles. The van der Waals surface area contributed by atoms with Crippen molar-refractivity contribution in [2.24, 2.45) is 4.99 Å². The Hall–Kier alpha value is -2.05. The van der Waals surface area contributed by atoms with E-state index in [1.54, 1.807) is 26.1 Å². The molecule has 1 heterocycles. The van der Waals surface area contributed by atoms with E-state index in [-0.39, 0.29) is 29.7 Å². The number of benzene rings is 1. The van der Waals surface area contributed by atoms with Gasteiger partial charge in [0, 0.05) is 20.5 Å². The molecule has 1 aromatic heterocycles. The molecule has 0 aliphatic carbocycles. The predicted octanol–water partition coefficient (Wildman–Crippen LogP) is 2.80. The summed E-state index contributed by atoms with van der Waals surface area (Å²) in [5, 5.41) is 9.85. The third kappa shape index (κ3) is 7.89. The van der Waals surface area contributed by atoms with Crippen molar-refractivity contribution in [1.82, 2.24) is 20.8 Å². The molecule has 0 amide bonds. The smallest absolute Gasteiger partial charge is 0.422 e. The number of aryl methyl sites for hydroxylation is 1. The molecule has 0 saturated heterocycles. The topological polar surface area (TPSA) is 84.6 Å². The van der Waals surface area contributed by atoms with Gasteiger partial charge in [-0.15, -0.1) is 24.0 Å². The van der Waals surface area contributed by atoms with E-state index >= 15 is 0 Å². The molecule has 2 rings (SSSR count). The Morgan fingerprint density at radius 3 is 2.38 bits per heavy atom. The van der Waals surface area contributed by atoms with Crippen molar-refractivity contribution >= 4 is 29.9 Å². The molecular formula is C15H19F3IN5O2. The summed E-state index contributed by atoms with van der Waals surface area (Å²) in [6, 6.07) is 6.32. The molecule has 144 valence electrons. The summed E-state index contributed by atoms with van der Waals surface area (Å²) in [4.78, 5) is 8.12. The second kappa shape index (κ2) is 10.2. The Morgan fingerprint density at radius 2 is 1.85 bits per heavy atom. The maximum Gasteiger partial charge on any atom is 0.422 e. The highest BCUT2D eigenvalue weighted by Crippen LogP contribution is 2.18. The third-order valence-electron chi connectivity index (χ3n) is 2.99. The van der Waals surface area contributed by atoms with Crippen LogP contribution in [0.4, 0.5) is 13.2 Å². The van der Waals surface area contributed by atoms with Gasteiger partial charge in [0.1, 0.15) is 5.75 Å². The molecule has 26 heavy (non-hydrogen) atoms. The molecule has 0 spiro atoms. The fourth-order valence-electron chi connectivity index (χ4n) is 1.85. The maximum atomic E-state index is 12.1. The summed E-state index contributed by atoms with van der Waals surface area (Å²) in [5.74, 6) is 1.68. The molecule has 7 nitrogen and oxygen atoms in total. The number of nitrogens with zero attached hydrogens (tertiary/aromatic N) is 3. The second-order valence-electron chi connectivity index (χ2n) is 5.06. The van der Waals surface area contributed by atoms with Gasteiger partial charge in [-0.05, 0) is 17.7 Å². The van der Waals surface area contributed by atoms with Crippen molar-refractivity contribution in [3.05, 3.63) is 41.5 Å². The van der Waals surface area contributed by atoms with Crippen molar-refractivity contribution in [1.29, 1.82) is 0 Å². The summed E-state index contributed by atoms with van der Waals surface area (Å²) < 4.78 is 45.8. The molecule has 0 fully saturated rings. The Bertz CT molecular complexity index is 704. The largest absolute Gasteiger partial charge is 0.484 e. The lowest BCUT2D eigenvalue weighted by Gasteiger charge is -2.12. The molecule has 0 radical (unpaired) electrons. The minimum absolute atomic E-state index is 0. The normalized spacial score (nSPS) is 11.7. The van der Waals surface area contributed by atoms with Crippen LogP contribution in [-0.2, 0) is 13.1 Å². The number of halogens is 4. The minimum Gasteiger partial charge on any atom is -0.484 e. The standard InChI is InChI=1S/C15H18F3N5O2.HI/c1-10-22-13(23-25-10)8-21-14(19-2)20-7-11-3-5-12(6-4-11)24-9-15(16,17)18;/h3-6H,7-9H2,1-2H3,(H2,19,20,21);1H. The molecule has 0 atom stereocenters. The number of rotatable bonds is 6. The van der Waals surface area contributed by atoms with Crippen LogP contribution in [0, 0.1) is 6.92 Å². The lowest BCUT2D eigenvalue weighted by Crippen LogP contribution is -2.36. The van der Waals surface area contributed by atoms with Gasteiger partial charge in [-0.1, -0.05) is 17.3 Å². The van der Waals surface area contributed by atoms with Gasteiger partial charge in [-0.2, -0.15) is 18.2 Å². The predicted molar refractivity (Wildman–Crippen MR) is 99.5 cm³/mol. The summed E-state index contributed by atoms with van der Waals surface area (Å²) in [7, 11) is 1.62. The van der Waals surface area contributed by atoms with Gasteiger partial charge in [0.05, 0.1) is 6.54 Å². The van der Waals surface area contributed by atoms with Crippen LogP contribution in [0.15, 0.2) is 33.8 Å². The summed E-state index contributed by atoms with van der Waals surface area (Å²) in [5.41, 5.74) is 0.859. The van der Waals surface area contributed by atoms with E-state index in [4.69, 9.17) is 4.52 Å². The van der Waals surface area contributed by atoms with Gasteiger partial charge >= 0.3 is 6.18 Å². The van der Waals surface area contributed by atoms with Crippen LogP contribution in [0.2, 0.25) is 0 Å². The highest BCUT2D eigenvalue weighted by molar-refractivity contribution is 14.0. The van der Waals surface area contributed by atoms with E-state index < -0.39 is 12.8 Å². The first-order valence-corrected chi connectivity index (χ1v) is 7.38. The molecule has 0 saturated carbocycles. The molecule has 0 aliphatic rings. The molecular weight excluding hydrogens is 466 g/mol. The molecule has 2 aromatic rings. The molecule has 0 unspecified atom stereocenters. The first-order chi connectivity index (χ1) is 11.9. The Kier molecular flexibility index (Phi) is 8.61. The van der Waals surface area contributed by atoms with Crippen LogP contribution in [-0.4, -0.2) is 35.9 Å². The Labute approximate surface area is 165 Å². The van der Waals surface area contributed by atoms with Crippen LogP contribution in [0.25, 0.3) is 0 Å². The van der Waals surface area contributed by atoms with Gasteiger partial charge in [-0.25, -0.2) is 0 Å². The second-order valence-corrected chi connectivity index (χ2v) is 5.06. The van der Waals surface area contributed by atoms with Crippen LogP contribution < -0.4 is 15.4 Å². The van der Waals surface area contributed by atoms with E-state index in [0.717, 1.165) is 5.56 Å². The molecule has 11 heteroatoms. The van der Waals surface area contributed by atoms with E-state index in [1.807, 2.05) is 0 Å². The minimum atomic E-state index is -4.35. The maximum absolute atomic E-state index is 12.1.